The highest BCUT2D eigenvalue weighted by Crippen LogP contribution is 2.31. The standard InChI is InChI=1S/C26H27FN2O2/c1-29(18-19-7-10-23(27)11-8-19)25(31)13-15-26(14-12-24(30)28-26)17-20-6-9-21-4-2-3-5-22(21)16-20/h2-11,16H,12-15,17-18H2,1H3,(H,28,30)/t26-/m1/s1. The molecule has 160 valence electrons. The van der Waals surface area contributed by atoms with E-state index in [1.165, 1.54) is 22.9 Å². The van der Waals surface area contributed by atoms with Crippen molar-refractivity contribution in [3.05, 3.63) is 83.7 Å². The molecule has 31 heavy (non-hydrogen) atoms. The first-order chi connectivity index (χ1) is 14.9. The Labute approximate surface area is 182 Å². The van der Waals surface area contributed by atoms with Crippen LogP contribution in [0.1, 0.15) is 36.8 Å². The van der Waals surface area contributed by atoms with Gasteiger partial charge in [-0.25, -0.2) is 4.39 Å². The maximum absolute atomic E-state index is 13.1. The van der Waals surface area contributed by atoms with Gasteiger partial charge in [0.2, 0.25) is 11.8 Å². The summed E-state index contributed by atoms with van der Waals surface area (Å²) < 4.78 is 13.1. The number of amides is 2. The molecular weight excluding hydrogens is 391 g/mol. The van der Waals surface area contributed by atoms with Crippen molar-refractivity contribution in [2.45, 2.75) is 44.2 Å². The van der Waals surface area contributed by atoms with Gasteiger partial charge in [-0.3, -0.25) is 9.59 Å². The Balaban J connectivity index is 1.43. The number of carbonyl (C=O) groups excluding carboxylic acids is 2. The summed E-state index contributed by atoms with van der Waals surface area (Å²) in [6, 6.07) is 20.8. The van der Waals surface area contributed by atoms with E-state index < -0.39 is 5.54 Å². The number of carbonyl (C=O) groups is 2. The van der Waals surface area contributed by atoms with Crippen LogP contribution in [0.2, 0.25) is 0 Å². The van der Waals surface area contributed by atoms with Crippen molar-refractivity contribution < 1.29 is 14.0 Å². The molecule has 1 saturated heterocycles. The summed E-state index contributed by atoms with van der Waals surface area (Å²) in [4.78, 5) is 26.5. The molecule has 1 N–H and O–H groups in total. The van der Waals surface area contributed by atoms with Crippen LogP contribution in [-0.4, -0.2) is 29.3 Å². The first-order valence-electron chi connectivity index (χ1n) is 10.7. The number of halogens is 1. The number of nitrogens with one attached hydrogen (secondary N) is 1. The van der Waals surface area contributed by atoms with Crippen LogP contribution in [-0.2, 0) is 22.6 Å². The average molecular weight is 419 g/mol. The van der Waals surface area contributed by atoms with E-state index in [9.17, 15) is 14.0 Å². The molecule has 0 radical (unpaired) electrons. The summed E-state index contributed by atoms with van der Waals surface area (Å²) in [6.07, 6.45) is 2.88. The maximum atomic E-state index is 13.1. The Kier molecular flexibility index (Phi) is 6.03. The van der Waals surface area contributed by atoms with Gasteiger partial charge in [-0.05, 0) is 53.3 Å². The minimum absolute atomic E-state index is 0.0170. The van der Waals surface area contributed by atoms with E-state index in [-0.39, 0.29) is 17.6 Å². The summed E-state index contributed by atoms with van der Waals surface area (Å²) in [5.41, 5.74) is 1.65. The fourth-order valence-corrected chi connectivity index (χ4v) is 4.41. The zero-order chi connectivity index (χ0) is 21.8. The summed E-state index contributed by atoms with van der Waals surface area (Å²) >= 11 is 0. The van der Waals surface area contributed by atoms with E-state index in [2.05, 4.69) is 35.6 Å². The third-order valence-corrected chi connectivity index (χ3v) is 6.17. The fourth-order valence-electron chi connectivity index (χ4n) is 4.41. The number of nitrogens with zero attached hydrogens (tertiary/aromatic N) is 1. The van der Waals surface area contributed by atoms with Gasteiger partial charge in [0, 0.05) is 32.0 Å². The Hall–Kier alpha value is -3.21. The van der Waals surface area contributed by atoms with Crippen LogP contribution in [0.3, 0.4) is 0 Å². The van der Waals surface area contributed by atoms with Gasteiger partial charge in [-0.1, -0.05) is 54.6 Å². The van der Waals surface area contributed by atoms with Gasteiger partial charge in [0.15, 0.2) is 0 Å². The van der Waals surface area contributed by atoms with E-state index in [1.54, 1.807) is 24.1 Å². The van der Waals surface area contributed by atoms with Crippen LogP contribution >= 0.6 is 0 Å². The van der Waals surface area contributed by atoms with Gasteiger partial charge >= 0.3 is 0 Å². The molecule has 5 heteroatoms. The molecular formula is C26H27FN2O2. The summed E-state index contributed by atoms with van der Waals surface area (Å²) in [5, 5.41) is 5.53. The lowest BCUT2D eigenvalue weighted by molar-refractivity contribution is -0.131. The van der Waals surface area contributed by atoms with Crippen LogP contribution in [0.4, 0.5) is 4.39 Å². The minimum Gasteiger partial charge on any atom is -0.350 e. The molecule has 0 bridgehead atoms. The van der Waals surface area contributed by atoms with Crippen LogP contribution in [0.25, 0.3) is 10.8 Å². The Morgan fingerprint density at radius 1 is 1.03 bits per heavy atom. The molecule has 2 amide bonds. The first kappa shape index (κ1) is 21.0. The number of benzene rings is 3. The van der Waals surface area contributed by atoms with E-state index in [4.69, 9.17) is 0 Å². The largest absolute Gasteiger partial charge is 0.350 e. The van der Waals surface area contributed by atoms with Gasteiger partial charge in [0.1, 0.15) is 5.82 Å². The van der Waals surface area contributed by atoms with Crippen molar-refractivity contribution in [1.82, 2.24) is 10.2 Å². The molecule has 0 unspecified atom stereocenters. The highest BCUT2D eigenvalue weighted by atomic mass is 19.1. The third-order valence-electron chi connectivity index (χ3n) is 6.17. The minimum atomic E-state index is -0.397. The summed E-state index contributed by atoms with van der Waals surface area (Å²) in [6.45, 7) is 0.434. The van der Waals surface area contributed by atoms with Gasteiger partial charge in [0.25, 0.3) is 0 Å². The molecule has 0 saturated carbocycles. The van der Waals surface area contributed by atoms with Gasteiger partial charge < -0.3 is 10.2 Å². The molecule has 0 aromatic heterocycles. The van der Waals surface area contributed by atoms with E-state index in [0.29, 0.717) is 32.2 Å². The highest BCUT2D eigenvalue weighted by molar-refractivity contribution is 5.83. The molecule has 1 aliphatic heterocycles. The second-order valence-corrected chi connectivity index (χ2v) is 8.56. The number of hydrogen-bond acceptors (Lipinski definition) is 2. The smallest absolute Gasteiger partial charge is 0.222 e. The second-order valence-electron chi connectivity index (χ2n) is 8.56. The van der Waals surface area contributed by atoms with Gasteiger partial charge in [0.05, 0.1) is 0 Å². The quantitative estimate of drug-likeness (QED) is 0.609. The predicted molar refractivity (Wildman–Crippen MR) is 120 cm³/mol. The lowest BCUT2D eigenvalue weighted by Gasteiger charge is -2.30. The van der Waals surface area contributed by atoms with Crippen molar-refractivity contribution in [2.75, 3.05) is 7.05 Å². The number of rotatable bonds is 7. The molecule has 1 fully saturated rings. The number of fused-ring (bicyclic) bond motifs is 1. The van der Waals surface area contributed by atoms with Gasteiger partial charge in [-0.2, -0.15) is 0 Å². The number of hydrogen-bond donors (Lipinski definition) is 1. The molecule has 4 nitrogen and oxygen atoms in total. The molecule has 1 heterocycles. The Bertz CT molecular complexity index is 1100. The van der Waals surface area contributed by atoms with Gasteiger partial charge in [-0.15, -0.1) is 0 Å². The molecule has 1 aliphatic rings. The summed E-state index contributed by atoms with van der Waals surface area (Å²) in [5.74, 6) is -0.221. The van der Waals surface area contributed by atoms with Crippen molar-refractivity contribution in [3.63, 3.8) is 0 Å². The third kappa shape index (κ3) is 5.10. The lowest BCUT2D eigenvalue weighted by atomic mass is 9.84. The highest BCUT2D eigenvalue weighted by Gasteiger charge is 2.38. The molecule has 3 aromatic rings. The van der Waals surface area contributed by atoms with E-state index >= 15 is 0 Å². The summed E-state index contributed by atoms with van der Waals surface area (Å²) in [7, 11) is 1.76. The topological polar surface area (TPSA) is 49.4 Å². The molecule has 0 aliphatic carbocycles. The molecule has 3 aromatic carbocycles. The van der Waals surface area contributed by atoms with Crippen LogP contribution in [0, 0.1) is 5.82 Å². The monoisotopic (exact) mass is 418 g/mol. The van der Waals surface area contributed by atoms with E-state index in [0.717, 1.165) is 17.5 Å². The zero-order valence-corrected chi connectivity index (χ0v) is 17.7. The maximum Gasteiger partial charge on any atom is 0.222 e. The SMILES string of the molecule is CN(Cc1ccc(F)cc1)C(=O)CC[C@@]1(Cc2ccc3ccccc3c2)CCC(=O)N1. The van der Waals surface area contributed by atoms with Crippen LogP contribution in [0.5, 0.6) is 0 Å². The van der Waals surface area contributed by atoms with E-state index in [1.807, 2.05) is 12.1 Å². The normalized spacial score (nSPS) is 18.2. The van der Waals surface area contributed by atoms with Crippen molar-refractivity contribution in [2.24, 2.45) is 0 Å². The van der Waals surface area contributed by atoms with Crippen molar-refractivity contribution >= 4 is 22.6 Å². The Morgan fingerprint density at radius 2 is 1.74 bits per heavy atom. The van der Waals surface area contributed by atoms with Crippen LogP contribution in [0.15, 0.2) is 66.7 Å². The van der Waals surface area contributed by atoms with Crippen LogP contribution < -0.4 is 5.32 Å². The average Bonchev–Trinajstić information content (AvgIpc) is 3.14. The van der Waals surface area contributed by atoms with Crippen molar-refractivity contribution in [3.8, 4) is 0 Å². The lowest BCUT2D eigenvalue weighted by Crippen LogP contribution is -2.44. The second kappa shape index (κ2) is 8.88. The first-order valence-corrected chi connectivity index (χ1v) is 10.7. The zero-order valence-electron chi connectivity index (χ0n) is 17.7. The molecule has 1 atom stereocenters. The van der Waals surface area contributed by atoms with Crippen molar-refractivity contribution in [1.29, 1.82) is 0 Å². The molecule has 0 spiro atoms. The fraction of sp³-hybridized carbons (Fsp3) is 0.308. The molecule has 4 rings (SSSR count). The Morgan fingerprint density at radius 3 is 2.45 bits per heavy atom. The predicted octanol–water partition coefficient (Wildman–Crippen LogP) is 4.61.